The molecule has 2 aliphatic rings. The number of nitro benzene ring substituents is 1. The number of nitrogens with zero attached hydrogens (tertiary/aromatic N) is 3. The summed E-state index contributed by atoms with van der Waals surface area (Å²) in [5.41, 5.74) is 5.13. The van der Waals surface area contributed by atoms with E-state index in [9.17, 15) is 19.7 Å². The summed E-state index contributed by atoms with van der Waals surface area (Å²) in [6.07, 6.45) is 1.45. The molecule has 2 fully saturated rings. The third-order valence-electron chi connectivity index (χ3n) is 7.32. The van der Waals surface area contributed by atoms with Gasteiger partial charge in [-0.2, -0.15) is 5.10 Å². The summed E-state index contributed by atoms with van der Waals surface area (Å²) < 4.78 is 5.46. The highest BCUT2D eigenvalue weighted by Gasteiger charge is 2.58. The van der Waals surface area contributed by atoms with Gasteiger partial charge in [0.25, 0.3) is 5.69 Å². The van der Waals surface area contributed by atoms with E-state index < -0.39 is 16.8 Å². The highest BCUT2D eigenvalue weighted by molar-refractivity contribution is 5.91. The number of nitrogens with one attached hydrogen (secondary N) is 1. The highest BCUT2D eigenvalue weighted by atomic mass is 16.6. The number of hydrogen-bond donors (Lipinski definition) is 1. The number of rotatable bonds is 7. The predicted molar refractivity (Wildman–Crippen MR) is 142 cm³/mol. The van der Waals surface area contributed by atoms with E-state index in [1.807, 2.05) is 65.6 Å². The third kappa shape index (κ3) is 5.19. The molecule has 1 aliphatic heterocycles. The number of non-ortho nitro benzene ring substituents is 1. The second kappa shape index (κ2) is 11.4. The predicted octanol–water partition coefficient (Wildman–Crippen LogP) is 3.72. The summed E-state index contributed by atoms with van der Waals surface area (Å²) in [5.74, 6) is -1.78. The number of ether oxygens (including phenoxy) is 1. The van der Waals surface area contributed by atoms with Crippen LogP contribution >= 0.6 is 0 Å². The third-order valence-corrected chi connectivity index (χ3v) is 7.32. The average molecular weight is 513 g/mol. The van der Waals surface area contributed by atoms with Crippen molar-refractivity contribution in [2.75, 3.05) is 26.3 Å². The van der Waals surface area contributed by atoms with Gasteiger partial charge in [0.2, 0.25) is 11.8 Å². The lowest BCUT2D eigenvalue weighted by Crippen LogP contribution is -2.57. The maximum Gasteiger partial charge on any atom is 0.269 e. The van der Waals surface area contributed by atoms with Crippen molar-refractivity contribution in [3.05, 3.63) is 112 Å². The molecule has 0 radical (unpaired) electrons. The number of nitro groups is 1. The molecule has 3 aromatic rings. The molecule has 3 aromatic carbocycles. The molecule has 1 saturated heterocycles. The first-order valence-electron chi connectivity index (χ1n) is 12.6. The molecule has 0 aromatic heterocycles. The summed E-state index contributed by atoms with van der Waals surface area (Å²) in [7, 11) is 0. The molecular formula is C29H28N4O5. The topological polar surface area (TPSA) is 114 Å². The molecule has 1 aliphatic carbocycles. The lowest BCUT2D eigenvalue weighted by atomic mass is 9.51. The Kier molecular flexibility index (Phi) is 7.55. The van der Waals surface area contributed by atoms with Crippen LogP contribution in [0.4, 0.5) is 5.69 Å². The summed E-state index contributed by atoms with van der Waals surface area (Å²) in [4.78, 5) is 39.7. The first-order chi connectivity index (χ1) is 18.5. The van der Waals surface area contributed by atoms with Crippen molar-refractivity contribution in [1.29, 1.82) is 0 Å². The van der Waals surface area contributed by atoms with E-state index in [-0.39, 0.29) is 29.3 Å². The Balaban J connectivity index is 1.43. The zero-order valence-electron chi connectivity index (χ0n) is 20.7. The Morgan fingerprint density at radius 3 is 1.95 bits per heavy atom. The van der Waals surface area contributed by atoms with Gasteiger partial charge in [-0.1, -0.05) is 60.7 Å². The van der Waals surface area contributed by atoms with Crippen LogP contribution in [-0.2, 0) is 14.3 Å². The quantitative estimate of drug-likeness (QED) is 0.294. The summed E-state index contributed by atoms with van der Waals surface area (Å²) in [6.45, 7) is 2.08. The molecule has 38 heavy (non-hydrogen) atoms. The van der Waals surface area contributed by atoms with Gasteiger partial charge >= 0.3 is 0 Å². The smallest absolute Gasteiger partial charge is 0.269 e. The summed E-state index contributed by atoms with van der Waals surface area (Å²) in [5, 5.41) is 15.0. The maximum absolute atomic E-state index is 13.9. The lowest BCUT2D eigenvalue weighted by Gasteiger charge is -2.52. The van der Waals surface area contributed by atoms with Gasteiger partial charge in [-0.3, -0.25) is 19.7 Å². The minimum absolute atomic E-state index is 0.0203. The number of hydrazone groups is 1. The standard InChI is InChI=1S/C29H28N4O5/c34-28(31-30-19-20-11-13-23(14-12-20)33(36)37)26-24(21-7-3-1-4-8-21)27(25(26)22-9-5-2-6-10-22)29(35)32-15-17-38-18-16-32/h1-14,19,24-27H,15-18H2,(H,31,34)/b30-19+. The largest absolute Gasteiger partial charge is 0.378 e. The highest BCUT2D eigenvalue weighted by Crippen LogP contribution is 2.58. The molecule has 1 saturated carbocycles. The van der Waals surface area contributed by atoms with Gasteiger partial charge in [0, 0.05) is 37.1 Å². The monoisotopic (exact) mass is 512 g/mol. The van der Waals surface area contributed by atoms with Gasteiger partial charge in [0.05, 0.1) is 36.2 Å². The van der Waals surface area contributed by atoms with Crippen LogP contribution in [0.2, 0.25) is 0 Å². The maximum atomic E-state index is 13.9. The molecule has 194 valence electrons. The molecule has 9 nitrogen and oxygen atoms in total. The van der Waals surface area contributed by atoms with Crippen molar-refractivity contribution in [1.82, 2.24) is 10.3 Å². The second-order valence-electron chi connectivity index (χ2n) is 9.45. The van der Waals surface area contributed by atoms with E-state index in [0.717, 1.165) is 11.1 Å². The number of carbonyl (C=O) groups excluding carboxylic acids is 2. The van der Waals surface area contributed by atoms with Crippen molar-refractivity contribution in [2.45, 2.75) is 11.8 Å². The van der Waals surface area contributed by atoms with Gasteiger partial charge in [-0.15, -0.1) is 0 Å². The van der Waals surface area contributed by atoms with Crippen molar-refractivity contribution in [3.8, 4) is 0 Å². The zero-order chi connectivity index (χ0) is 26.5. The van der Waals surface area contributed by atoms with Crippen LogP contribution in [0.15, 0.2) is 90.0 Å². The number of hydrogen-bond acceptors (Lipinski definition) is 6. The van der Waals surface area contributed by atoms with Gasteiger partial charge in [0.1, 0.15) is 0 Å². The van der Waals surface area contributed by atoms with Crippen molar-refractivity contribution >= 4 is 23.7 Å². The summed E-state index contributed by atoms with van der Waals surface area (Å²) in [6, 6.07) is 25.3. The van der Waals surface area contributed by atoms with Crippen molar-refractivity contribution in [3.63, 3.8) is 0 Å². The van der Waals surface area contributed by atoms with Crippen molar-refractivity contribution < 1.29 is 19.2 Å². The minimum Gasteiger partial charge on any atom is -0.378 e. The average Bonchev–Trinajstić information content (AvgIpc) is 2.94. The molecule has 2 atom stereocenters. The molecule has 5 rings (SSSR count). The van der Waals surface area contributed by atoms with E-state index in [0.29, 0.717) is 31.9 Å². The fourth-order valence-corrected chi connectivity index (χ4v) is 5.48. The van der Waals surface area contributed by atoms with Gasteiger partial charge in [-0.25, -0.2) is 5.43 Å². The lowest BCUT2D eigenvalue weighted by molar-refractivity contribution is -0.384. The Bertz CT molecular complexity index is 1260. The molecule has 1 heterocycles. The van der Waals surface area contributed by atoms with E-state index in [1.54, 1.807) is 12.1 Å². The molecule has 1 N–H and O–H groups in total. The SMILES string of the molecule is O=C(N/N=C/c1ccc([N+](=O)[O-])cc1)C1C(c2ccccc2)C(C(=O)N2CCOCC2)C1c1ccccc1. The van der Waals surface area contributed by atoms with Crippen LogP contribution in [0.1, 0.15) is 28.5 Å². The molecular weight excluding hydrogens is 484 g/mol. The zero-order valence-corrected chi connectivity index (χ0v) is 20.7. The van der Waals surface area contributed by atoms with E-state index in [4.69, 9.17) is 4.74 Å². The van der Waals surface area contributed by atoms with Crippen LogP contribution in [0.3, 0.4) is 0 Å². The van der Waals surface area contributed by atoms with Crippen LogP contribution in [-0.4, -0.2) is 54.2 Å². The number of benzene rings is 3. The minimum atomic E-state index is -0.510. The van der Waals surface area contributed by atoms with Crippen LogP contribution in [0, 0.1) is 22.0 Å². The fourth-order valence-electron chi connectivity index (χ4n) is 5.48. The van der Waals surface area contributed by atoms with E-state index in [1.165, 1.54) is 18.3 Å². The fraction of sp³-hybridized carbons (Fsp3) is 0.276. The summed E-state index contributed by atoms with van der Waals surface area (Å²) >= 11 is 0. The van der Waals surface area contributed by atoms with Crippen LogP contribution < -0.4 is 5.43 Å². The molecule has 9 heteroatoms. The normalized spacial score (nSPS) is 23.0. The Hall–Kier alpha value is -4.37. The molecule has 2 unspecified atom stereocenters. The van der Waals surface area contributed by atoms with Gasteiger partial charge in [-0.05, 0) is 28.8 Å². The van der Waals surface area contributed by atoms with Crippen LogP contribution in [0.25, 0.3) is 0 Å². The first-order valence-corrected chi connectivity index (χ1v) is 12.6. The first kappa shape index (κ1) is 25.3. The van der Waals surface area contributed by atoms with Gasteiger partial charge < -0.3 is 9.64 Å². The second-order valence-corrected chi connectivity index (χ2v) is 9.45. The van der Waals surface area contributed by atoms with Crippen molar-refractivity contribution in [2.24, 2.45) is 16.9 Å². The Morgan fingerprint density at radius 2 is 1.42 bits per heavy atom. The van der Waals surface area contributed by atoms with E-state index >= 15 is 0 Å². The molecule has 2 amide bonds. The number of carbonyl (C=O) groups is 2. The van der Waals surface area contributed by atoms with Gasteiger partial charge in [0.15, 0.2) is 0 Å². The Morgan fingerprint density at radius 1 is 0.868 bits per heavy atom. The number of amides is 2. The van der Waals surface area contributed by atoms with Crippen LogP contribution in [0.5, 0.6) is 0 Å². The Labute approximate surface area is 220 Å². The number of morpholine rings is 1. The molecule has 0 spiro atoms. The molecule has 0 bridgehead atoms. The van der Waals surface area contributed by atoms with E-state index in [2.05, 4.69) is 10.5 Å².